The normalized spacial score (nSPS) is 11.1. The van der Waals surface area contributed by atoms with E-state index in [1.165, 1.54) is 11.8 Å². The first-order chi connectivity index (χ1) is 13.1. The van der Waals surface area contributed by atoms with Gasteiger partial charge in [0.2, 0.25) is 0 Å². The van der Waals surface area contributed by atoms with Crippen molar-refractivity contribution >= 4 is 45.9 Å². The molecule has 0 fully saturated rings. The average molecular weight is 425 g/mol. The monoisotopic (exact) mass is 424 g/mol. The zero-order valence-corrected chi connectivity index (χ0v) is 16.7. The van der Waals surface area contributed by atoms with E-state index in [0.29, 0.717) is 57.2 Å². The summed E-state index contributed by atoms with van der Waals surface area (Å²) in [5.74, 6) is 1.15. The maximum Gasteiger partial charge on any atom is 0.262 e. The van der Waals surface area contributed by atoms with Crippen LogP contribution in [0.4, 0.5) is 0 Å². The van der Waals surface area contributed by atoms with Gasteiger partial charge >= 0.3 is 0 Å². The van der Waals surface area contributed by atoms with E-state index in [-0.39, 0.29) is 12.2 Å². The maximum atomic E-state index is 12.8. The number of aromatic nitrogens is 2. The third kappa shape index (κ3) is 4.96. The topological polar surface area (TPSA) is 64.3 Å². The van der Waals surface area contributed by atoms with Gasteiger partial charge in [-0.3, -0.25) is 9.36 Å². The second-order valence-electron chi connectivity index (χ2n) is 5.72. The number of aliphatic hydroxyl groups is 1. The summed E-state index contributed by atoms with van der Waals surface area (Å²) in [6.45, 7) is 0.829. The number of ether oxygens (including phenoxy) is 1. The lowest BCUT2D eigenvalue weighted by Gasteiger charge is -2.13. The van der Waals surface area contributed by atoms with Crippen LogP contribution in [0.15, 0.2) is 52.4 Å². The number of rotatable bonds is 8. The smallest absolute Gasteiger partial charge is 0.262 e. The summed E-state index contributed by atoms with van der Waals surface area (Å²) in [7, 11) is 0. The molecule has 0 aliphatic carbocycles. The van der Waals surface area contributed by atoms with Crippen LogP contribution in [0.25, 0.3) is 10.9 Å². The fraction of sp³-hybridized carbons (Fsp3) is 0.263. The first-order valence-electron chi connectivity index (χ1n) is 8.41. The Morgan fingerprint density at radius 3 is 2.78 bits per heavy atom. The number of benzene rings is 2. The van der Waals surface area contributed by atoms with Crippen molar-refractivity contribution < 1.29 is 9.84 Å². The van der Waals surface area contributed by atoms with Crippen molar-refractivity contribution in [3.63, 3.8) is 0 Å². The lowest BCUT2D eigenvalue weighted by Crippen LogP contribution is -2.24. The van der Waals surface area contributed by atoms with Crippen LogP contribution in [0.3, 0.4) is 0 Å². The Morgan fingerprint density at radius 2 is 2.00 bits per heavy atom. The number of para-hydroxylation sites is 1. The zero-order valence-electron chi connectivity index (χ0n) is 14.4. The van der Waals surface area contributed by atoms with Crippen LogP contribution in [0, 0.1) is 0 Å². The van der Waals surface area contributed by atoms with Crippen LogP contribution in [0.2, 0.25) is 10.0 Å². The van der Waals surface area contributed by atoms with E-state index < -0.39 is 0 Å². The quantitative estimate of drug-likeness (QED) is 0.332. The predicted octanol–water partition coefficient (Wildman–Crippen LogP) is 4.26. The van der Waals surface area contributed by atoms with Crippen molar-refractivity contribution in [1.29, 1.82) is 0 Å². The molecule has 0 amide bonds. The van der Waals surface area contributed by atoms with E-state index in [4.69, 9.17) is 33.0 Å². The Kier molecular flexibility index (Phi) is 7.01. The van der Waals surface area contributed by atoms with E-state index in [1.54, 1.807) is 28.8 Å². The molecule has 3 rings (SSSR count). The third-order valence-electron chi connectivity index (χ3n) is 3.83. The molecule has 142 valence electrons. The number of hydrogen-bond donors (Lipinski definition) is 1. The molecule has 27 heavy (non-hydrogen) atoms. The zero-order chi connectivity index (χ0) is 19.2. The van der Waals surface area contributed by atoms with E-state index in [9.17, 15) is 4.79 Å². The van der Waals surface area contributed by atoms with Crippen molar-refractivity contribution in [3.05, 3.63) is 62.9 Å². The first kappa shape index (κ1) is 20.0. The minimum atomic E-state index is -0.0989. The number of thioether (sulfide) groups is 1. The summed E-state index contributed by atoms with van der Waals surface area (Å²) in [6.07, 6.45) is 0.490. The molecule has 0 radical (unpaired) electrons. The van der Waals surface area contributed by atoms with Crippen LogP contribution < -0.4 is 10.3 Å². The summed E-state index contributed by atoms with van der Waals surface area (Å²) in [4.78, 5) is 17.4. The third-order valence-corrected chi connectivity index (χ3v) is 5.30. The molecule has 5 nitrogen and oxygen atoms in total. The lowest BCUT2D eigenvalue weighted by atomic mass is 10.2. The van der Waals surface area contributed by atoms with Gasteiger partial charge in [-0.1, -0.05) is 47.1 Å². The fourth-order valence-electron chi connectivity index (χ4n) is 2.56. The van der Waals surface area contributed by atoms with Crippen molar-refractivity contribution in [3.8, 4) is 5.75 Å². The molecule has 0 bridgehead atoms. The number of hydrogen-bond acceptors (Lipinski definition) is 5. The SMILES string of the molecule is O=c1c2ccccc2nc(SCCOc2ccc(Cl)cc2Cl)n1CCCO. The molecule has 0 unspecified atom stereocenters. The minimum Gasteiger partial charge on any atom is -0.491 e. The van der Waals surface area contributed by atoms with E-state index in [0.717, 1.165) is 0 Å². The second kappa shape index (κ2) is 9.46. The molecule has 1 aromatic heterocycles. The molecule has 0 aliphatic rings. The van der Waals surface area contributed by atoms with Crippen molar-refractivity contribution in [2.75, 3.05) is 19.0 Å². The minimum absolute atomic E-state index is 0.0154. The molecule has 0 saturated heterocycles. The van der Waals surface area contributed by atoms with Gasteiger partial charge in [-0.05, 0) is 36.8 Å². The standard InChI is InChI=1S/C19H18Cl2N2O3S/c20-13-6-7-17(15(21)12-13)26-10-11-27-19-22-16-5-2-1-4-14(16)18(25)23(19)8-3-9-24/h1-2,4-7,12,24H,3,8-11H2. The van der Waals surface area contributed by atoms with Gasteiger partial charge in [0.15, 0.2) is 5.16 Å². The Bertz CT molecular complexity index is 994. The number of nitrogens with zero attached hydrogens (tertiary/aromatic N) is 2. The Balaban J connectivity index is 1.74. The Hall–Kier alpha value is -1.73. The highest BCUT2D eigenvalue weighted by atomic mass is 35.5. The van der Waals surface area contributed by atoms with Gasteiger partial charge in [0.1, 0.15) is 5.75 Å². The fourth-order valence-corrected chi connectivity index (χ4v) is 3.87. The molecule has 0 spiro atoms. The first-order valence-corrected chi connectivity index (χ1v) is 10.2. The lowest BCUT2D eigenvalue weighted by molar-refractivity contribution is 0.276. The second-order valence-corrected chi connectivity index (χ2v) is 7.62. The molecular weight excluding hydrogens is 407 g/mol. The summed E-state index contributed by atoms with van der Waals surface area (Å²) < 4.78 is 7.30. The van der Waals surface area contributed by atoms with Gasteiger partial charge in [-0.25, -0.2) is 4.98 Å². The van der Waals surface area contributed by atoms with Gasteiger partial charge in [0.25, 0.3) is 5.56 Å². The van der Waals surface area contributed by atoms with E-state index >= 15 is 0 Å². The summed E-state index contributed by atoms with van der Waals surface area (Å²) in [5.41, 5.74) is 0.560. The van der Waals surface area contributed by atoms with Crippen molar-refractivity contribution in [2.45, 2.75) is 18.1 Å². The van der Waals surface area contributed by atoms with Crippen molar-refractivity contribution in [1.82, 2.24) is 9.55 Å². The molecule has 1 N–H and O–H groups in total. The summed E-state index contributed by atoms with van der Waals surface area (Å²) in [5, 5.41) is 11.3. The number of halogens is 2. The van der Waals surface area contributed by atoms with Gasteiger partial charge in [-0.2, -0.15) is 0 Å². The molecule has 8 heteroatoms. The van der Waals surface area contributed by atoms with Crippen LogP contribution in [0.5, 0.6) is 5.75 Å². The number of aliphatic hydroxyl groups excluding tert-OH is 1. The van der Waals surface area contributed by atoms with E-state index in [1.807, 2.05) is 18.2 Å². The summed E-state index contributed by atoms with van der Waals surface area (Å²) >= 11 is 13.4. The van der Waals surface area contributed by atoms with Crippen LogP contribution in [-0.4, -0.2) is 33.6 Å². The molecule has 0 saturated carbocycles. The molecular formula is C19H18Cl2N2O3S. The van der Waals surface area contributed by atoms with Crippen LogP contribution in [0.1, 0.15) is 6.42 Å². The van der Waals surface area contributed by atoms with Gasteiger partial charge in [-0.15, -0.1) is 0 Å². The molecule has 0 atom stereocenters. The van der Waals surface area contributed by atoms with Crippen LogP contribution in [-0.2, 0) is 6.54 Å². The largest absolute Gasteiger partial charge is 0.491 e. The molecule has 3 aromatic rings. The molecule has 1 heterocycles. The predicted molar refractivity (Wildman–Crippen MR) is 110 cm³/mol. The van der Waals surface area contributed by atoms with E-state index in [2.05, 4.69) is 4.98 Å². The molecule has 2 aromatic carbocycles. The highest BCUT2D eigenvalue weighted by Crippen LogP contribution is 2.28. The highest BCUT2D eigenvalue weighted by molar-refractivity contribution is 7.99. The summed E-state index contributed by atoms with van der Waals surface area (Å²) in [6, 6.07) is 12.3. The highest BCUT2D eigenvalue weighted by Gasteiger charge is 2.11. The van der Waals surface area contributed by atoms with Crippen LogP contribution >= 0.6 is 35.0 Å². The number of fused-ring (bicyclic) bond motifs is 1. The Labute approximate surface area is 170 Å². The van der Waals surface area contributed by atoms with Gasteiger partial charge in [0, 0.05) is 23.9 Å². The Morgan fingerprint density at radius 1 is 1.19 bits per heavy atom. The average Bonchev–Trinajstić information content (AvgIpc) is 2.66. The van der Waals surface area contributed by atoms with Gasteiger partial charge in [0.05, 0.1) is 22.5 Å². The molecule has 0 aliphatic heterocycles. The van der Waals surface area contributed by atoms with Gasteiger partial charge < -0.3 is 9.84 Å². The maximum absolute atomic E-state index is 12.8. The van der Waals surface area contributed by atoms with Crippen molar-refractivity contribution in [2.24, 2.45) is 0 Å².